The molecule has 42 heavy (non-hydrogen) atoms. The summed E-state index contributed by atoms with van der Waals surface area (Å²) in [5.41, 5.74) is 2.99. The van der Waals surface area contributed by atoms with E-state index in [1.54, 1.807) is 0 Å². The zero-order valence-corrected chi connectivity index (χ0v) is 26.5. The highest BCUT2D eigenvalue weighted by atomic mass is 35.5. The highest BCUT2D eigenvalue weighted by Gasteiger charge is 2.20. The average molecular weight is 621 g/mol. The lowest BCUT2D eigenvalue weighted by atomic mass is 10.00. The average Bonchev–Trinajstić information content (AvgIpc) is 2.97. The summed E-state index contributed by atoms with van der Waals surface area (Å²) in [7, 11) is 0. The second kappa shape index (κ2) is 16.2. The highest BCUT2D eigenvalue weighted by molar-refractivity contribution is 6.43. The molecule has 2 aromatic carbocycles. The number of nitrogens with zero attached hydrogens (tertiary/aromatic N) is 3. The summed E-state index contributed by atoms with van der Waals surface area (Å²) in [4.78, 5) is 21.3. The quantitative estimate of drug-likeness (QED) is 0.129. The molecule has 0 radical (unpaired) electrons. The van der Waals surface area contributed by atoms with Crippen molar-refractivity contribution < 1.29 is 23.7 Å². The van der Waals surface area contributed by atoms with E-state index >= 15 is 0 Å². The van der Waals surface area contributed by atoms with Crippen molar-refractivity contribution >= 4 is 46.6 Å². The Labute approximate surface area is 259 Å². The van der Waals surface area contributed by atoms with Crippen molar-refractivity contribution in [1.82, 2.24) is 4.90 Å². The van der Waals surface area contributed by atoms with Crippen molar-refractivity contribution in [1.29, 1.82) is 0 Å². The highest BCUT2D eigenvalue weighted by Crippen LogP contribution is 2.33. The van der Waals surface area contributed by atoms with Crippen LogP contribution in [0.5, 0.6) is 5.75 Å². The van der Waals surface area contributed by atoms with Crippen molar-refractivity contribution in [2.45, 2.75) is 52.9 Å². The third-order valence-corrected chi connectivity index (χ3v) is 8.26. The molecule has 0 amide bonds. The van der Waals surface area contributed by atoms with E-state index in [-0.39, 0.29) is 12.7 Å². The molecule has 4 rings (SSSR count). The van der Waals surface area contributed by atoms with Gasteiger partial charge in [-0.25, -0.2) is 9.79 Å². The zero-order valence-electron chi connectivity index (χ0n) is 25.0. The third-order valence-electron chi connectivity index (χ3n) is 7.45. The van der Waals surface area contributed by atoms with Gasteiger partial charge in [0.2, 0.25) is 6.79 Å². The lowest BCUT2D eigenvalue weighted by Gasteiger charge is -2.36. The number of aliphatic imine (C=N–C) groups is 1. The van der Waals surface area contributed by atoms with Crippen LogP contribution < -0.4 is 9.64 Å². The van der Waals surface area contributed by atoms with Gasteiger partial charge in [0.1, 0.15) is 5.75 Å². The number of piperazine rings is 1. The van der Waals surface area contributed by atoms with Crippen LogP contribution in [0.3, 0.4) is 0 Å². The molecule has 230 valence electrons. The molecule has 0 N–H and O–H groups in total. The van der Waals surface area contributed by atoms with Crippen molar-refractivity contribution in [3.63, 3.8) is 0 Å². The molecule has 1 unspecified atom stereocenters. The van der Waals surface area contributed by atoms with Crippen LogP contribution in [0.4, 0.5) is 16.2 Å². The van der Waals surface area contributed by atoms with Crippen LogP contribution in [0.25, 0.3) is 0 Å². The maximum Gasteiger partial charge on any atom is 0.511 e. The molecule has 0 aromatic heterocycles. The molecule has 2 aliphatic rings. The summed E-state index contributed by atoms with van der Waals surface area (Å²) in [6, 6.07) is 11.8. The van der Waals surface area contributed by atoms with Crippen molar-refractivity contribution in [2.75, 3.05) is 57.6 Å². The van der Waals surface area contributed by atoms with Gasteiger partial charge in [-0.05, 0) is 67.8 Å². The van der Waals surface area contributed by atoms with E-state index in [0.717, 1.165) is 81.1 Å². The van der Waals surface area contributed by atoms with Gasteiger partial charge in [0, 0.05) is 38.7 Å². The number of aryl methyl sites for hydroxylation is 1. The number of anilines is 1. The molecule has 0 bridgehead atoms. The normalized spacial score (nSPS) is 16.0. The maximum absolute atomic E-state index is 11.8. The Morgan fingerprint density at radius 2 is 1.79 bits per heavy atom. The van der Waals surface area contributed by atoms with Gasteiger partial charge in [-0.1, -0.05) is 56.1 Å². The number of hydrogen-bond acceptors (Lipinski definition) is 8. The van der Waals surface area contributed by atoms with Crippen molar-refractivity contribution in [3.8, 4) is 5.75 Å². The van der Waals surface area contributed by atoms with Gasteiger partial charge in [-0.15, -0.1) is 0 Å². The first kappa shape index (κ1) is 32.2. The van der Waals surface area contributed by atoms with E-state index in [2.05, 4.69) is 41.6 Å². The zero-order chi connectivity index (χ0) is 29.9. The summed E-state index contributed by atoms with van der Waals surface area (Å²) in [6.07, 6.45) is 3.77. The second-order valence-electron chi connectivity index (χ2n) is 11.5. The van der Waals surface area contributed by atoms with E-state index in [4.69, 9.17) is 42.1 Å². The van der Waals surface area contributed by atoms with E-state index in [1.165, 1.54) is 0 Å². The minimum Gasteiger partial charge on any atom is -0.494 e. The number of rotatable bonds is 13. The predicted octanol–water partition coefficient (Wildman–Crippen LogP) is 7.76. The number of hydrogen-bond donors (Lipinski definition) is 0. The van der Waals surface area contributed by atoms with Gasteiger partial charge in [-0.3, -0.25) is 4.90 Å². The molecule has 1 saturated heterocycles. The molecule has 2 aromatic rings. The summed E-state index contributed by atoms with van der Waals surface area (Å²) in [6.45, 7) is 12.0. The Morgan fingerprint density at radius 1 is 0.976 bits per heavy atom. The molecular weight excluding hydrogens is 577 g/mol. The number of carbonyl (C=O) groups excluding carboxylic acids is 1. The lowest BCUT2D eigenvalue weighted by molar-refractivity contribution is -0.00685. The van der Waals surface area contributed by atoms with E-state index in [1.807, 2.05) is 30.3 Å². The minimum absolute atomic E-state index is 0.217. The van der Waals surface area contributed by atoms with Crippen LogP contribution >= 0.6 is 23.2 Å². The first-order valence-electron chi connectivity index (χ1n) is 15.0. The van der Waals surface area contributed by atoms with Crippen LogP contribution in [-0.4, -0.2) is 69.7 Å². The fraction of sp³-hybridized carbons (Fsp3) is 0.562. The second-order valence-corrected chi connectivity index (χ2v) is 12.2. The standard InChI is InChI=1S/C32H43Cl2N3O5/c1-23(2)19-24(3)21-40-32(38)42-22-41-30-12-10-25-9-11-26(20-28(25)35-30)39-18-5-4-13-36-14-16-37(17-15-36)29-8-6-7-27(33)31(29)34/h6-9,11,20,23-24H,4-5,10,12-19,21-22H2,1-3H3. The van der Waals surface area contributed by atoms with Crippen LogP contribution in [0.15, 0.2) is 41.4 Å². The summed E-state index contributed by atoms with van der Waals surface area (Å²) in [5.74, 6) is 2.18. The van der Waals surface area contributed by atoms with E-state index in [9.17, 15) is 4.79 Å². The fourth-order valence-electron chi connectivity index (χ4n) is 5.33. The number of carbonyl (C=O) groups is 1. The number of ether oxygens (including phenoxy) is 4. The van der Waals surface area contributed by atoms with E-state index in [0.29, 0.717) is 41.5 Å². The van der Waals surface area contributed by atoms with Crippen molar-refractivity contribution in [3.05, 3.63) is 52.0 Å². The Kier molecular flexibility index (Phi) is 12.5. The van der Waals surface area contributed by atoms with Gasteiger partial charge in [-0.2, -0.15) is 0 Å². The molecule has 0 spiro atoms. The Bertz CT molecular complexity index is 1200. The maximum atomic E-state index is 11.8. The first-order chi connectivity index (χ1) is 20.3. The summed E-state index contributed by atoms with van der Waals surface area (Å²) < 4.78 is 21.9. The lowest BCUT2D eigenvalue weighted by Crippen LogP contribution is -2.46. The van der Waals surface area contributed by atoms with Gasteiger partial charge < -0.3 is 23.8 Å². The molecule has 0 saturated carbocycles. The predicted molar refractivity (Wildman–Crippen MR) is 169 cm³/mol. The van der Waals surface area contributed by atoms with Crippen LogP contribution in [0, 0.1) is 11.8 Å². The van der Waals surface area contributed by atoms with Crippen LogP contribution in [-0.2, 0) is 20.6 Å². The van der Waals surface area contributed by atoms with Gasteiger partial charge in [0.15, 0.2) is 5.90 Å². The minimum atomic E-state index is -0.720. The summed E-state index contributed by atoms with van der Waals surface area (Å²) >= 11 is 12.6. The van der Waals surface area contributed by atoms with E-state index < -0.39 is 6.16 Å². The number of fused-ring (bicyclic) bond motifs is 1. The number of unbranched alkanes of at least 4 members (excludes halogenated alkanes) is 1. The Morgan fingerprint density at radius 3 is 2.57 bits per heavy atom. The smallest absolute Gasteiger partial charge is 0.494 e. The Balaban J connectivity index is 1.12. The molecular formula is C32H43Cl2N3O5. The number of benzene rings is 2. The molecule has 1 atom stereocenters. The fourth-order valence-corrected chi connectivity index (χ4v) is 5.75. The molecule has 8 nitrogen and oxygen atoms in total. The molecule has 0 aliphatic carbocycles. The Hall–Kier alpha value is -2.68. The molecule has 2 heterocycles. The van der Waals surface area contributed by atoms with Gasteiger partial charge in [0.05, 0.1) is 34.6 Å². The van der Waals surface area contributed by atoms with Crippen LogP contribution in [0.2, 0.25) is 10.0 Å². The topological polar surface area (TPSA) is 72.8 Å². The monoisotopic (exact) mass is 619 g/mol. The third kappa shape index (κ3) is 9.96. The largest absolute Gasteiger partial charge is 0.511 e. The SMILES string of the molecule is CC(C)CC(C)COC(=O)OCOC1=Nc2cc(OCCCCN3CCN(c4cccc(Cl)c4Cl)CC3)ccc2CC1. The molecule has 1 fully saturated rings. The molecule has 2 aliphatic heterocycles. The number of halogens is 2. The van der Waals surface area contributed by atoms with Gasteiger partial charge in [0.25, 0.3) is 0 Å². The summed E-state index contributed by atoms with van der Waals surface area (Å²) in [5, 5.41) is 1.23. The van der Waals surface area contributed by atoms with Crippen LogP contribution in [0.1, 0.15) is 52.0 Å². The molecule has 10 heteroatoms. The first-order valence-corrected chi connectivity index (χ1v) is 15.7. The van der Waals surface area contributed by atoms with Gasteiger partial charge >= 0.3 is 6.16 Å². The van der Waals surface area contributed by atoms with Crippen molar-refractivity contribution in [2.24, 2.45) is 16.8 Å².